The maximum absolute atomic E-state index is 13.4. The first-order valence-corrected chi connectivity index (χ1v) is 23.0. The molecular weight excluding hydrogens is 809 g/mol. The molecule has 4 aromatic heterocycles. The van der Waals surface area contributed by atoms with E-state index in [1.54, 1.807) is 24.8 Å². The quantitative estimate of drug-likeness (QED) is 0.146. The second kappa shape index (κ2) is 18.9. The number of allylic oxidation sites excluding steroid dienone is 2. The molecule has 4 aromatic rings. The Bertz CT molecular complexity index is 2330. The molecule has 336 valence electrons. The monoisotopic (exact) mass is 868 g/mol. The number of hydrogen-bond donors (Lipinski definition) is 4. The normalized spacial score (nSPS) is 26.9. The van der Waals surface area contributed by atoms with Gasteiger partial charge >= 0.3 is 0 Å². The zero-order valence-corrected chi connectivity index (χ0v) is 36.7. The Morgan fingerprint density at radius 2 is 1.02 bits per heavy atom. The third kappa shape index (κ3) is 8.56. The number of aromatic nitrogens is 4. The number of rotatable bonds is 14. The maximum atomic E-state index is 13.4. The van der Waals surface area contributed by atoms with Crippen LogP contribution in [0, 0.1) is 35.5 Å². The van der Waals surface area contributed by atoms with E-state index in [0.717, 1.165) is 22.5 Å². The molecule has 8 heterocycles. The highest BCUT2D eigenvalue weighted by atomic mass is 16.3. The van der Waals surface area contributed by atoms with E-state index >= 15 is 0 Å². The van der Waals surface area contributed by atoms with Gasteiger partial charge in [0.25, 0.3) is 11.1 Å². The highest BCUT2D eigenvalue weighted by Crippen LogP contribution is 2.50. The van der Waals surface area contributed by atoms with Gasteiger partial charge in [-0.05, 0) is 111 Å². The topological polar surface area (TPSA) is 175 Å². The van der Waals surface area contributed by atoms with Crippen molar-refractivity contribution in [1.29, 1.82) is 0 Å². The Labute approximate surface area is 373 Å². The van der Waals surface area contributed by atoms with Gasteiger partial charge in [-0.3, -0.25) is 38.9 Å². The van der Waals surface area contributed by atoms with Crippen LogP contribution >= 0.6 is 0 Å². The summed E-state index contributed by atoms with van der Waals surface area (Å²) in [4.78, 5) is 66.0. The van der Waals surface area contributed by atoms with Crippen LogP contribution in [-0.4, -0.2) is 89.3 Å². The van der Waals surface area contributed by atoms with Crippen LogP contribution in [0.15, 0.2) is 95.1 Å². The molecule has 8 atom stereocenters. The van der Waals surface area contributed by atoms with Gasteiger partial charge in [0.05, 0.1) is 23.9 Å². The first-order valence-electron chi connectivity index (χ1n) is 23.0. The third-order valence-corrected chi connectivity index (χ3v) is 14.5. The lowest BCUT2D eigenvalue weighted by Crippen LogP contribution is -2.46. The predicted molar refractivity (Wildman–Crippen MR) is 243 cm³/mol. The summed E-state index contributed by atoms with van der Waals surface area (Å²) >= 11 is 0. The Kier molecular flexibility index (Phi) is 12.9. The average Bonchev–Trinajstić information content (AvgIpc) is 4.26. The summed E-state index contributed by atoms with van der Waals surface area (Å²) < 4.78 is 3.65. The third-order valence-electron chi connectivity index (χ3n) is 14.5. The fourth-order valence-electron chi connectivity index (χ4n) is 10.9. The van der Waals surface area contributed by atoms with Crippen LogP contribution in [0.4, 0.5) is 0 Å². The van der Waals surface area contributed by atoms with Crippen LogP contribution in [0.1, 0.15) is 85.3 Å². The van der Waals surface area contributed by atoms with Gasteiger partial charge in [-0.2, -0.15) is 0 Å². The number of fused-ring (bicyclic) bond motifs is 8. The SMILES string of the molecule is C/C=C/c1ccc2n(c1=O)C[C@H]1[C@H](CO)[C@@H](C(=O)NCC3CC3)[C@@H]2N1Cc1ccncc1.C/C=C\c1ccc2n(c1=O)C[C@H]1[C@H](CO)[C@@H](C(=O)NCC3CC3)[C@@H]2N1Cc1ccncc1. The number of pyridine rings is 4. The van der Waals surface area contributed by atoms with Gasteiger partial charge in [0.15, 0.2) is 0 Å². The average molecular weight is 869 g/mol. The molecule has 64 heavy (non-hydrogen) atoms. The largest absolute Gasteiger partial charge is 0.396 e. The molecule has 6 aliphatic rings. The molecule has 4 fully saturated rings. The van der Waals surface area contributed by atoms with E-state index in [4.69, 9.17) is 0 Å². The summed E-state index contributed by atoms with van der Waals surface area (Å²) in [5, 5.41) is 27.0. The van der Waals surface area contributed by atoms with Crippen molar-refractivity contribution in [2.24, 2.45) is 35.5 Å². The molecule has 0 spiro atoms. The van der Waals surface area contributed by atoms with Gasteiger partial charge in [0.2, 0.25) is 11.8 Å². The van der Waals surface area contributed by atoms with Gasteiger partial charge in [-0.25, -0.2) is 0 Å². The molecule has 0 unspecified atom stereocenters. The van der Waals surface area contributed by atoms with E-state index in [9.17, 15) is 29.4 Å². The second-order valence-electron chi connectivity index (χ2n) is 18.5. The van der Waals surface area contributed by atoms with Crippen molar-refractivity contribution in [3.8, 4) is 0 Å². The molecule has 0 aromatic carbocycles. The lowest BCUT2D eigenvalue weighted by Gasteiger charge is -2.38. The number of amides is 2. The Morgan fingerprint density at radius 1 is 0.625 bits per heavy atom. The van der Waals surface area contributed by atoms with E-state index < -0.39 is 11.8 Å². The summed E-state index contributed by atoms with van der Waals surface area (Å²) in [5.74, 6) is -0.117. The van der Waals surface area contributed by atoms with Gasteiger partial charge in [0.1, 0.15) is 0 Å². The minimum absolute atomic E-state index is 0.0124. The number of carbonyl (C=O) groups excluding carboxylic acids is 2. The fraction of sp³-hybridized carbons (Fsp3) is 0.480. The van der Waals surface area contributed by atoms with Crippen molar-refractivity contribution in [3.63, 3.8) is 0 Å². The lowest BCUT2D eigenvalue weighted by atomic mass is 9.86. The Hall–Kier alpha value is -5.54. The molecule has 2 aliphatic carbocycles. The van der Waals surface area contributed by atoms with Crippen molar-refractivity contribution in [2.45, 2.75) is 89.9 Å². The van der Waals surface area contributed by atoms with Gasteiger partial charge in [-0.15, -0.1) is 0 Å². The first kappa shape index (κ1) is 43.7. The standard InChI is InChI=1S/2C25H30N4O3/c2*1-2-3-18-6-7-20-23-22(24(31)27-12-16-4-5-16)19(15-30)21(14-29(20)25(18)32)28(23)13-17-8-10-26-11-9-17/h2*2-3,6-11,16,19,21-23,30H,4-5,12-15H2,1H3,(H,27,31)/b3-2+;3-2-/t2*19-,21-,22+,23+/m00/s1. The molecule has 4 N–H and O–H groups in total. The van der Waals surface area contributed by atoms with Crippen LogP contribution in [0.2, 0.25) is 0 Å². The van der Waals surface area contributed by atoms with Crippen molar-refractivity contribution < 1.29 is 19.8 Å². The fourth-order valence-corrected chi connectivity index (χ4v) is 10.9. The first-order chi connectivity index (χ1) is 31.2. The summed E-state index contributed by atoms with van der Waals surface area (Å²) in [6, 6.07) is 14.9. The molecule has 0 radical (unpaired) electrons. The zero-order valence-electron chi connectivity index (χ0n) is 36.7. The van der Waals surface area contributed by atoms with Crippen LogP contribution in [-0.2, 0) is 35.8 Å². The number of hydrogen-bond acceptors (Lipinski definition) is 10. The van der Waals surface area contributed by atoms with Crippen LogP contribution in [0.25, 0.3) is 12.2 Å². The zero-order chi connectivity index (χ0) is 44.5. The smallest absolute Gasteiger partial charge is 0.258 e. The summed E-state index contributed by atoms with van der Waals surface area (Å²) in [6.07, 6.45) is 19.1. The van der Waals surface area contributed by atoms with Gasteiger partial charge in [0, 0.05) is 124 Å². The lowest BCUT2D eigenvalue weighted by molar-refractivity contribution is -0.128. The second-order valence-corrected chi connectivity index (χ2v) is 18.5. The minimum atomic E-state index is -0.397. The molecule has 2 saturated heterocycles. The molecule has 4 bridgehead atoms. The van der Waals surface area contributed by atoms with Gasteiger partial charge in [-0.1, -0.05) is 24.3 Å². The van der Waals surface area contributed by atoms with E-state index in [-0.39, 0.29) is 72.1 Å². The highest BCUT2D eigenvalue weighted by Gasteiger charge is 2.57. The maximum Gasteiger partial charge on any atom is 0.258 e. The molecule has 10 rings (SSSR count). The van der Waals surface area contributed by atoms with Crippen LogP contribution in [0.5, 0.6) is 0 Å². The van der Waals surface area contributed by atoms with Crippen molar-refractivity contribution in [2.75, 3.05) is 26.3 Å². The van der Waals surface area contributed by atoms with E-state index in [1.807, 2.05) is 95.8 Å². The molecule has 14 nitrogen and oxygen atoms in total. The summed E-state index contributed by atoms with van der Waals surface area (Å²) in [5.41, 5.74) is 5.15. The summed E-state index contributed by atoms with van der Waals surface area (Å²) in [7, 11) is 0. The number of nitrogens with one attached hydrogen (secondary N) is 2. The molecule has 2 amide bonds. The molecular formula is C50H60N8O6. The number of aliphatic hydroxyl groups excluding tert-OH is 2. The van der Waals surface area contributed by atoms with Crippen LogP contribution in [0.3, 0.4) is 0 Å². The minimum Gasteiger partial charge on any atom is -0.396 e. The van der Waals surface area contributed by atoms with Gasteiger partial charge < -0.3 is 30.0 Å². The number of nitrogens with zero attached hydrogens (tertiary/aromatic N) is 6. The Balaban J connectivity index is 0.000000162. The number of aliphatic hydroxyl groups is 2. The molecule has 2 saturated carbocycles. The predicted octanol–water partition coefficient (Wildman–Crippen LogP) is 3.93. The highest BCUT2D eigenvalue weighted by molar-refractivity contribution is 5.81. The van der Waals surface area contributed by atoms with Crippen molar-refractivity contribution in [3.05, 3.63) is 140 Å². The summed E-state index contributed by atoms with van der Waals surface area (Å²) in [6.45, 7) is 7.25. The number of carbonyl (C=O) groups is 2. The van der Waals surface area contributed by atoms with Crippen molar-refractivity contribution >= 4 is 24.0 Å². The molecule has 4 aliphatic heterocycles. The van der Waals surface area contributed by atoms with E-state index in [0.29, 0.717) is 62.2 Å². The van der Waals surface area contributed by atoms with E-state index in [2.05, 4.69) is 30.4 Å². The Morgan fingerprint density at radius 3 is 1.36 bits per heavy atom. The van der Waals surface area contributed by atoms with Crippen molar-refractivity contribution in [1.82, 2.24) is 39.5 Å². The van der Waals surface area contributed by atoms with E-state index in [1.165, 1.54) is 25.7 Å². The van der Waals surface area contributed by atoms with Crippen LogP contribution < -0.4 is 21.8 Å². The molecule has 14 heteroatoms.